The van der Waals surface area contributed by atoms with Crippen LogP contribution in [0.4, 0.5) is 0 Å². The maximum atomic E-state index is 9.52. The molecule has 1 aliphatic carbocycles. The van der Waals surface area contributed by atoms with Crippen molar-refractivity contribution in [2.24, 2.45) is 15.7 Å². The Kier molecular flexibility index (Phi) is 5.15. The largest absolute Gasteiger partial charge is 0.387 e. The minimum Gasteiger partial charge on any atom is -0.387 e. The van der Waals surface area contributed by atoms with Crippen LogP contribution in [0.2, 0.25) is 0 Å². The molecule has 2 aromatic heterocycles. The van der Waals surface area contributed by atoms with Crippen molar-refractivity contribution in [2.45, 2.75) is 31.1 Å². The first-order chi connectivity index (χ1) is 16.1. The van der Waals surface area contributed by atoms with Crippen molar-refractivity contribution >= 4 is 23.5 Å². The highest BCUT2D eigenvalue weighted by molar-refractivity contribution is 6.13. The lowest BCUT2D eigenvalue weighted by Gasteiger charge is -2.08. The second-order valence-electron chi connectivity index (χ2n) is 8.18. The number of aromatic nitrogens is 2. The number of nitriles is 1. The molecule has 0 radical (unpaired) electrons. The fraction of sp³-hybridized carbons (Fsp3) is 0.200. The van der Waals surface area contributed by atoms with E-state index in [1.807, 2.05) is 42.5 Å². The SMILES string of the molecule is N#CC1(c2cc(C3=CN=C(N)CC(c4cc(-c5ccc(CC=N)cc5)no4)=N3)ccn2)CC1. The van der Waals surface area contributed by atoms with E-state index in [2.05, 4.69) is 21.2 Å². The number of rotatable bonds is 6. The van der Waals surface area contributed by atoms with Gasteiger partial charge >= 0.3 is 0 Å². The molecule has 3 heterocycles. The second-order valence-corrected chi connectivity index (χ2v) is 8.18. The maximum Gasteiger partial charge on any atom is 0.182 e. The molecule has 0 bridgehead atoms. The lowest BCUT2D eigenvalue weighted by molar-refractivity contribution is 0.415. The Morgan fingerprint density at radius 3 is 2.70 bits per heavy atom. The molecule has 0 amide bonds. The molecular weight excluding hydrogens is 414 g/mol. The molecule has 5 rings (SSSR count). The molecule has 1 fully saturated rings. The monoisotopic (exact) mass is 435 g/mol. The van der Waals surface area contributed by atoms with Gasteiger partial charge in [-0.3, -0.25) is 4.98 Å². The van der Waals surface area contributed by atoms with E-state index in [0.29, 0.717) is 41.5 Å². The zero-order valence-electron chi connectivity index (χ0n) is 17.8. The summed E-state index contributed by atoms with van der Waals surface area (Å²) in [6.45, 7) is 0. The summed E-state index contributed by atoms with van der Waals surface area (Å²) >= 11 is 0. The number of nitrogens with one attached hydrogen (secondary N) is 1. The molecule has 33 heavy (non-hydrogen) atoms. The summed E-state index contributed by atoms with van der Waals surface area (Å²) in [4.78, 5) is 13.5. The van der Waals surface area contributed by atoms with E-state index in [-0.39, 0.29) is 0 Å². The minimum atomic E-state index is -0.482. The molecular formula is C25H21N7O. The standard InChI is InChI=1S/C25H21N7O/c26-9-5-16-1-3-17(4-2-16)19-12-22(33-32-19)20-13-24(28)30-14-21(31-20)18-6-10-29-23(11-18)25(15-27)7-8-25/h1-4,6,9-12,14,26H,5,7-8,13H2,(H2,28,30). The molecule has 8 heteroatoms. The molecule has 1 saturated carbocycles. The number of hydrogen-bond acceptors (Lipinski definition) is 8. The van der Waals surface area contributed by atoms with Crippen molar-refractivity contribution in [3.8, 4) is 17.3 Å². The highest BCUT2D eigenvalue weighted by Crippen LogP contribution is 2.47. The summed E-state index contributed by atoms with van der Waals surface area (Å²) < 4.78 is 5.62. The van der Waals surface area contributed by atoms with Crippen LogP contribution in [0.1, 0.15) is 41.8 Å². The molecule has 0 saturated heterocycles. The topological polar surface area (TPSA) is 137 Å². The number of aliphatic imine (C=N–C) groups is 2. The van der Waals surface area contributed by atoms with Gasteiger partial charge in [-0.2, -0.15) is 5.26 Å². The number of hydrogen-bond donors (Lipinski definition) is 2. The Morgan fingerprint density at radius 1 is 1.15 bits per heavy atom. The third-order valence-electron chi connectivity index (χ3n) is 5.85. The number of nitrogens with zero attached hydrogens (tertiary/aromatic N) is 5. The van der Waals surface area contributed by atoms with Crippen LogP contribution in [0.25, 0.3) is 17.0 Å². The van der Waals surface area contributed by atoms with Gasteiger partial charge < -0.3 is 15.7 Å². The smallest absolute Gasteiger partial charge is 0.182 e. The lowest BCUT2D eigenvalue weighted by atomic mass is 10.0. The highest BCUT2D eigenvalue weighted by atomic mass is 16.5. The Morgan fingerprint density at radius 2 is 1.97 bits per heavy atom. The van der Waals surface area contributed by atoms with Gasteiger partial charge in [0, 0.05) is 29.8 Å². The van der Waals surface area contributed by atoms with Crippen molar-refractivity contribution in [3.63, 3.8) is 0 Å². The highest BCUT2D eigenvalue weighted by Gasteiger charge is 2.46. The predicted molar refractivity (Wildman–Crippen MR) is 126 cm³/mol. The van der Waals surface area contributed by atoms with Crippen molar-refractivity contribution in [2.75, 3.05) is 0 Å². The van der Waals surface area contributed by atoms with Gasteiger partial charge in [-0.1, -0.05) is 29.4 Å². The van der Waals surface area contributed by atoms with E-state index in [4.69, 9.17) is 20.7 Å². The summed E-state index contributed by atoms with van der Waals surface area (Å²) in [5, 5.41) is 21.0. The van der Waals surface area contributed by atoms with Gasteiger partial charge in [-0.15, -0.1) is 0 Å². The molecule has 2 aliphatic rings. The van der Waals surface area contributed by atoms with Crippen LogP contribution in [-0.4, -0.2) is 27.9 Å². The van der Waals surface area contributed by atoms with E-state index in [0.717, 1.165) is 35.2 Å². The first kappa shape index (κ1) is 20.5. The molecule has 1 aliphatic heterocycles. The summed E-state index contributed by atoms with van der Waals surface area (Å²) in [7, 11) is 0. The van der Waals surface area contributed by atoms with E-state index in [9.17, 15) is 5.26 Å². The lowest BCUT2D eigenvalue weighted by Crippen LogP contribution is -2.16. The van der Waals surface area contributed by atoms with Crippen molar-refractivity contribution in [1.29, 1.82) is 10.7 Å². The van der Waals surface area contributed by atoms with Crippen molar-refractivity contribution in [3.05, 3.63) is 77.4 Å². The van der Waals surface area contributed by atoms with Crippen LogP contribution in [0.5, 0.6) is 0 Å². The van der Waals surface area contributed by atoms with E-state index >= 15 is 0 Å². The molecule has 0 unspecified atom stereocenters. The summed E-state index contributed by atoms with van der Waals surface area (Å²) in [5.74, 6) is 0.937. The van der Waals surface area contributed by atoms with Crippen LogP contribution in [0.15, 0.2) is 69.4 Å². The normalized spacial score (nSPS) is 16.6. The molecule has 0 spiro atoms. The van der Waals surface area contributed by atoms with Gasteiger partial charge in [0.25, 0.3) is 0 Å². The second kappa shape index (κ2) is 8.28. The third-order valence-corrected chi connectivity index (χ3v) is 5.85. The number of pyridine rings is 1. The van der Waals surface area contributed by atoms with Crippen molar-refractivity contribution in [1.82, 2.24) is 10.1 Å². The van der Waals surface area contributed by atoms with Gasteiger partial charge in [-0.05, 0) is 36.8 Å². The Labute approximate surface area is 190 Å². The molecule has 8 nitrogen and oxygen atoms in total. The third kappa shape index (κ3) is 4.08. The van der Waals surface area contributed by atoms with Gasteiger partial charge in [0.1, 0.15) is 11.5 Å². The number of benzene rings is 1. The molecule has 1 aromatic carbocycles. The molecule has 162 valence electrons. The van der Waals surface area contributed by atoms with Crippen molar-refractivity contribution < 1.29 is 4.52 Å². The Bertz CT molecular complexity index is 1350. The first-order valence-electron chi connectivity index (χ1n) is 10.6. The number of amidine groups is 1. The van der Waals surface area contributed by atoms with E-state index in [1.165, 1.54) is 6.21 Å². The summed E-state index contributed by atoms with van der Waals surface area (Å²) in [5.41, 5.74) is 11.1. The minimum absolute atomic E-state index is 0.326. The molecule has 3 aromatic rings. The summed E-state index contributed by atoms with van der Waals surface area (Å²) in [6.07, 6.45) is 7.27. The van der Waals surface area contributed by atoms with Crippen LogP contribution < -0.4 is 5.73 Å². The Balaban J connectivity index is 1.46. The quantitative estimate of drug-likeness (QED) is 0.563. The van der Waals surface area contributed by atoms with Crippen LogP contribution in [0.3, 0.4) is 0 Å². The maximum absolute atomic E-state index is 9.52. The fourth-order valence-electron chi connectivity index (χ4n) is 3.73. The van der Waals surface area contributed by atoms with E-state index < -0.39 is 5.41 Å². The zero-order valence-corrected chi connectivity index (χ0v) is 17.8. The van der Waals surface area contributed by atoms with Crippen LogP contribution >= 0.6 is 0 Å². The number of nitrogens with two attached hydrogens (primary N) is 1. The average Bonchev–Trinajstić information content (AvgIpc) is 3.55. The predicted octanol–water partition coefficient (Wildman–Crippen LogP) is 4.03. The van der Waals surface area contributed by atoms with Gasteiger partial charge in [0.15, 0.2) is 5.76 Å². The Hall–Kier alpha value is -4.38. The fourth-order valence-corrected chi connectivity index (χ4v) is 3.73. The average molecular weight is 435 g/mol. The van der Waals surface area contributed by atoms with Gasteiger partial charge in [0.2, 0.25) is 0 Å². The van der Waals surface area contributed by atoms with Gasteiger partial charge in [0.05, 0.1) is 41.2 Å². The van der Waals surface area contributed by atoms with Crippen LogP contribution in [-0.2, 0) is 11.8 Å². The van der Waals surface area contributed by atoms with Crippen LogP contribution in [0, 0.1) is 16.7 Å². The van der Waals surface area contributed by atoms with Gasteiger partial charge in [-0.25, -0.2) is 9.98 Å². The summed E-state index contributed by atoms with van der Waals surface area (Å²) in [6, 6.07) is 15.8. The molecule has 3 N–H and O–H groups in total. The van der Waals surface area contributed by atoms with E-state index in [1.54, 1.807) is 12.4 Å². The zero-order chi connectivity index (χ0) is 22.8. The first-order valence-corrected chi connectivity index (χ1v) is 10.6. The molecule has 0 atom stereocenters.